The lowest BCUT2D eigenvalue weighted by Gasteiger charge is -2.32. The Balaban J connectivity index is 1.37. The molecular formula is C25H22Cl2F3N3O4. The Bertz CT molecular complexity index is 1280. The Kier molecular flexibility index (Phi) is 6.64. The second-order valence-corrected chi connectivity index (χ2v) is 10.1. The first-order valence-electron chi connectivity index (χ1n) is 11.6. The van der Waals surface area contributed by atoms with Crippen molar-refractivity contribution in [1.82, 2.24) is 15.9 Å². The molecular weight excluding hydrogens is 534 g/mol. The van der Waals surface area contributed by atoms with Gasteiger partial charge in [-0.15, -0.1) is 0 Å². The Labute approximate surface area is 220 Å². The van der Waals surface area contributed by atoms with Crippen molar-refractivity contribution in [2.24, 2.45) is 0 Å². The second kappa shape index (κ2) is 9.50. The summed E-state index contributed by atoms with van der Waals surface area (Å²) in [4.78, 5) is 36.0. The number of hydrogen-bond acceptors (Lipinski definition) is 5. The van der Waals surface area contributed by atoms with Crippen LogP contribution in [0.1, 0.15) is 46.3 Å². The maximum atomic E-state index is 14.2. The number of nitrogens with zero attached hydrogens (tertiary/aromatic N) is 1. The summed E-state index contributed by atoms with van der Waals surface area (Å²) in [5, 5.41) is 4.10. The van der Waals surface area contributed by atoms with Crippen LogP contribution in [0.5, 0.6) is 0 Å². The van der Waals surface area contributed by atoms with Gasteiger partial charge in [0.1, 0.15) is 12.6 Å². The van der Waals surface area contributed by atoms with Crippen LogP contribution in [0.4, 0.5) is 13.2 Å². The molecule has 3 aliphatic rings. The molecule has 2 atom stereocenters. The summed E-state index contributed by atoms with van der Waals surface area (Å²) in [6.07, 6.45) is -1.14. The van der Waals surface area contributed by atoms with Crippen LogP contribution in [-0.4, -0.2) is 41.7 Å². The highest BCUT2D eigenvalue weighted by Crippen LogP contribution is 2.48. The van der Waals surface area contributed by atoms with Gasteiger partial charge >= 0.3 is 6.18 Å². The molecule has 2 fully saturated rings. The van der Waals surface area contributed by atoms with Gasteiger partial charge in [0, 0.05) is 21.2 Å². The molecule has 1 aliphatic carbocycles. The monoisotopic (exact) mass is 555 g/mol. The van der Waals surface area contributed by atoms with Crippen LogP contribution in [0, 0.1) is 6.92 Å². The molecule has 196 valence electrons. The Morgan fingerprint density at radius 3 is 2.46 bits per heavy atom. The lowest BCUT2D eigenvalue weighted by atomic mass is 9.91. The van der Waals surface area contributed by atoms with Crippen molar-refractivity contribution in [2.45, 2.75) is 50.0 Å². The van der Waals surface area contributed by atoms with Gasteiger partial charge in [-0.3, -0.25) is 24.7 Å². The van der Waals surface area contributed by atoms with Crippen LogP contribution in [-0.2, 0) is 20.1 Å². The fraction of sp³-hybridized carbons (Fsp3) is 0.360. The molecule has 2 aliphatic heterocycles. The minimum atomic E-state index is -4.84. The van der Waals surface area contributed by atoms with Gasteiger partial charge in [0.15, 0.2) is 0 Å². The number of hydroxylamine groups is 3. The molecule has 12 heteroatoms. The molecule has 37 heavy (non-hydrogen) atoms. The maximum Gasteiger partial charge on any atom is 0.428 e. The van der Waals surface area contributed by atoms with E-state index in [-0.39, 0.29) is 45.4 Å². The van der Waals surface area contributed by atoms with Crippen LogP contribution in [0.2, 0.25) is 10.0 Å². The fourth-order valence-electron chi connectivity index (χ4n) is 4.53. The zero-order valence-electron chi connectivity index (χ0n) is 19.5. The van der Waals surface area contributed by atoms with Gasteiger partial charge in [-0.1, -0.05) is 29.3 Å². The Hall–Kier alpha value is -2.79. The summed E-state index contributed by atoms with van der Waals surface area (Å²) in [5.41, 5.74) is 0.449. The van der Waals surface area contributed by atoms with E-state index in [9.17, 15) is 22.8 Å². The lowest BCUT2D eigenvalue weighted by molar-refractivity contribution is -0.269. The van der Waals surface area contributed by atoms with E-state index in [1.807, 2.05) is 0 Å². The standard InChI is InChI=1S/C25H22Cl2F3N3O4/c1-13-7-14(5-6-19(13)22(34)31-21-12-36-33(23(21)35)18-3-2-4-18)20-11-24(37-32-20,25(28,29)30)15-8-16(26)10-17(27)9-15/h5-11,18,21,32H,2-4,12H2,1H3,(H,31,34). The first-order valence-corrected chi connectivity index (χ1v) is 12.3. The molecule has 5 rings (SSSR count). The van der Waals surface area contributed by atoms with Crippen LogP contribution in [0.25, 0.3) is 5.70 Å². The fourth-order valence-corrected chi connectivity index (χ4v) is 5.06. The number of halogens is 5. The quantitative estimate of drug-likeness (QED) is 0.539. The Morgan fingerprint density at radius 2 is 1.86 bits per heavy atom. The number of carbonyl (C=O) groups excluding carboxylic acids is 2. The average Bonchev–Trinajstić information content (AvgIpc) is 3.38. The molecule has 2 unspecified atom stereocenters. The molecule has 1 saturated carbocycles. The van der Waals surface area contributed by atoms with Gasteiger partial charge in [-0.05, 0) is 73.7 Å². The molecule has 2 heterocycles. The predicted octanol–water partition coefficient (Wildman–Crippen LogP) is 5.06. The zero-order valence-corrected chi connectivity index (χ0v) is 21.0. The number of hydrogen-bond donors (Lipinski definition) is 2. The molecule has 0 bridgehead atoms. The lowest BCUT2D eigenvalue weighted by Crippen LogP contribution is -2.46. The van der Waals surface area contributed by atoms with E-state index >= 15 is 0 Å². The SMILES string of the molecule is Cc1cc(C2=CC(c3cc(Cl)cc(Cl)c3)(C(F)(F)F)ON2)ccc1C(=O)NC1CON(C2CCC2)C1=O. The van der Waals surface area contributed by atoms with E-state index in [2.05, 4.69) is 10.8 Å². The largest absolute Gasteiger partial charge is 0.428 e. The smallest absolute Gasteiger partial charge is 0.338 e. The topological polar surface area (TPSA) is 79.9 Å². The summed E-state index contributed by atoms with van der Waals surface area (Å²) < 4.78 is 42.7. The van der Waals surface area contributed by atoms with Gasteiger partial charge in [0.2, 0.25) is 5.60 Å². The van der Waals surface area contributed by atoms with Crippen molar-refractivity contribution in [1.29, 1.82) is 0 Å². The van der Waals surface area contributed by atoms with E-state index in [1.165, 1.54) is 23.3 Å². The average molecular weight is 556 g/mol. The summed E-state index contributed by atoms with van der Waals surface area (Å²) in [5.74, 6) is -0.765. The number of alkyl halides is 3. The summed E-state index contributed by atoms with van der Waals surface area (Å²) in [6.45, 7) is 1.70. The highest BCUT2D eigenvalue weighted by atomic mass is 35.5. The number of nitrogens with one attached hydrogen (secondary N) is 2. The van der Waals surface area contributed by atoms with Crippen LogP contribution in [0.15, 0.2) is 42.5 Å². The third-order valence-corrected chi connectivity index (χ3v) is 7.21. The van der Waals surface area contributed by atoms with E-state index in [0.717, 1.165) is 37.5 Å². The van der Waals surface area contributed by atoms with Gasteiger partial charge in [0.25, 0.3) is 11.8 Å². The zero-order chi connectivity index (χ0) is 26.5. The number of benzene rings is 2. The molecule has 2 aromatic carbocycles. The van der Waals surface area contributed by atoms with Gasteiger partial charge in [-0.25, -0.2) is 5.06 Å². The van der Waals surface area contributed by atoms with Crippen LogP contribution in [0.3, 0.4) is 0 Å². The number of aryl methyl sites for hydroxylation is 1. The van der Waals surface area contributed by atoms with E-state index in [4.69, 9.17) is 32.9 Å². The van der Waals surface area contributed by atoms with E-state index in [1.54, 1.807) is 13.0 Å². The molecule has 0 radical (unpaired) electrons. The highest BCUT2D eigenvalue weighted by Gasteiger charge is 2.59. The van der Waals surface area contributed by atoms with Crippen molar-refractivity contribution in [3.05, 3.63) is 74.8 Å². The number of amides is 2. The Morgan fingerprint density at radius 1 is 1.16 bits per heavy atom. The first kappa shape index (κ1) is 25.8. The number of carbonyl (C=O) groups is 2. The molecule has 1 saturated heterocycles. The predicted molar refractivity (Wildman–Crippen MR) is 129 cm³/mol. The summed E-state index contributed by atoms with van der Waals surface area (Å²) in [6, 6.07) is 7.40. The molecule has 7 nitrogen and oxygen atoms in total. The first-order chi connectivity index (χ1) is 17.5. The van der Waals surface area contributed by atoms with Gasteiger partial charge in [-0.2, -0.15) is 13.2 Å². The highest BCUT2D eigenvalue weighted by molar-refractivity contribution is 6.34. The maximum absolute atomic E-state index is 14.2. The third-order valence-electron chi connectivity index (χ3n) is 6.77. The second-order valence-electron chi connectivity index (χ2n) is 9.25. The molecule has 2 amide bonds. The van der Waals surface area contributed by atoms with Gasteiger partial charge in [0.05, 0.1) is 11.7 Å². The van der Waals surface area contributed by atoms with E-state index in [0.29, 0.717) is 11.1 Å². The van der Waals surface area contributed by atoms with Gasteiger partial charge < -0.3 is 5.32 Å². The molecule has 2 aromatic rings. The molecule has 2 N–H and O–H groups in total. The minimum Gasteiger partial charge on any atom is -0.338 e. The van der Waals surface area contributed by atoms with Crippen molar-refractivity contribution in [3.63, 3.8) is 0 Å². The molecule has 0 spiro atoms. The van der Waals surface area contributed by atoms with Crippen molar-refractivity contribution in [3.8, 4) is 0 Å². The van der Waals surface area contributed by atoms with Crippen molar-refractivity contribution in [2.75, 3.05) is 6.61 Å². The molecule has 0 aromatic heterocycles. The summed E-state index contributed by atoms with van der Waals surface area (Å²) >= 11 is 11.9. The summed E-state index contributed by atoms with van der Waals surface area (Å²) in [7, 11) is 0. The van der Waals surface area contributed by atoms with Crippen LogP contribution < -0.4 is 10.8 Å². The third kappa shape index (κ3) is 4.67. The van der Waals surface area contributed by atoms with Crippen molar-refractivity contribution >= 4 is 40.7 Å². The van der Waals surface area contributed by atoms with Crippen LogP contribution >= 0.6 is 23.2 Å². The minimum absolute atomic E-state index is 0.0322. The normalized spacial score (nSPS) is 24.1. The van der Waals surface area contributed by atoms with Crippen molar-refractivity contribution < 1.29 is 32.4 Å². The number of rotatable bonds is 5. The van der Waals surface area contributed by atoms with E-state index < -0.39 is 23.7 Å².